The van der Waals surface area contributed by atoms with Crippen LogP contribution in [0.15, 0.2) is 24.7 Å². The zero-order valence-corrected chi connectivity index (χ0v) is 11.4. The Morgan fingerprint density at radius 3 is 2.44 bits per heavy atom. The Morgan fingerprint density at radius 1 is 1.28 bits per heavy atom. The Bertz CT molecular complexity index is 510. The molecule has 0 aliphatic heterocycles. The van der Waals surface area contributed by atoms with Crippen LogP contribution in [0.3, 0.4) is 0 Å². The second kappa shape index (κ2) is 5.31. The average Bonchev–Trinajstić information content (AvgIpc) is 2.77. The van der Waals surface area contributed by atoms with Gasteiger partial charge in [-0.25, -0.2) is 4.98 Å². The van der Waals surface area contributed by atoms with Gasteiger partial charge >= 0.3 is 0 Å². The number of rotatable bonds is 4. The zero-order chi connectivity index (χ0) is 13.1. The van der Waals surface area contributed by atoms with Crippen molar-refractivity contribution in [2.45, 2.75) is 33.4 Å². The van der Waals surface area contributed by atoms with Crippen LogP contribution in [0.2, 0.25) is 0 Å². The Kier molecular flexibility index (Phi) is 3.77. The van der Waals surface area contributed by atoms with Gasteiger partial charge in [0.2, 0.25) is 0 Å². The molecule has 1 atom stereocenters. The third-order valence-electron chi connectivity index (χ3n) is 3.04. The second-order valence-corrected chi connectivity index (χ2v) is 4.53. The molecule has 0 bridgehead atoms. The SMILES string of the molecule is CCn1cnc(C(NC)c2cc(C)nc(C)c2)c1. The summed E-state index contributed by atoms with van der Waals surface area (Å²) in [4.78, 5) is 8.89. The van der Waals surface area contributed by atoms with Crippen molar-refractivity contribution in [3.05, 3.63) is 47.3 Å². The Hall–Kier alpha value is -1.68. The standard InChI is InChI=1S/C14H20N4/c1-5-18-8-13(16-9-18)14(15-4)12-6-10(2)17-11(3)7-12/h6-9,14-15H,5H2,1-4H3. The first-order valence-corrected chi connectivity index (χ1v) is 6.28. The fourth-order valence-corrected chi connectivity index (χ4v) is 2.22. The third kappa shape index (κ3) is 2.59. The van der Waals surface area contributed by atoms with Crippen molar-refractivity contribution in [2.75, 3.05) is 7.05 Å². The van der Waals surface area contributed by atoms with E-state index in [0.29, 0.717) is 0 Å². The lowest BCUT2D eigenvalue weighted by molar-refractivity contribution is 0.669. The molecule has 0 aliphatic rings. The van der Waals surface area contributed by atoms with Gasteiger partial charge in [0.1, 0.15) is 0 Å². The highest BCUT2D eigenvalue weighted by atomic mass is 15.0. The molecule has 0 radical (unpaired) electrons. The molecule has 0 aromatic carbocycles. The van der Waals surface area contributed by atoms with Gasteiger partial charge in [0, 0.05) is 24.1 Å². The maximum atomic E-state index is 4.47. The summed E-state index contributed by atoms with van der Waals surface area (Å²) in [5, 5.41) is 3.32. The molecule has 2 aromatic rings. The lowest BCUT2D eigenvalue weighted by atomic mass is 10.0. The highest BCUT2D eigenvalue weighted by molar-refractivity contribution is 5.29. The number of nitrogens with zero attached hydrogens (tertiary/aromatic N) is 3. The van der Waals surface area contributed by atoms with Crippen LogP contribution >= 0.6 is 0 Å². The fourth-order valence-electron chi connectivity index (χ4n) is 2.22. The summed E-state index contributed by atoms with van der Waals surface area (Å²) in [6.45, 7) is 7.10. The monoisotopic (exact) mass is 244 g/mol. The van der Waals surface area contributed by atoms with Gasteiger partial charge in [0.15, 0.2) is 0 Å². The van der Waals surface area contributed by atoms with E-state index in [-0.39, 0.29) is 6.04 Å². The molecule has 0 saturated carbocycles. The number of hydrogen-bond donors (Lipinski definition) is 1. The van der Waals surface area contributed by atoms with Crippen LogP contribution in [0, 0.1) is 13.8 Å². The molecule has 0 fully saturated rings. The second-order valence-electron chi connectivity index (χ2n) is 4.53. The maximum absolute atomic E-state index is 4.47. The summed E-state index contributed by atoms with van der Waals surface area (Å²) in [6, 6.07) is 4.34. The topological polar surface area (TPSA) is 42.7 Å². The lowest BCUT2D eigenvalue weighted by Gasteiger charge is -2.15. The van der Waals surface area contributed by atoms with Gasteiger partial charge in [0.05, 0.1) is 18.1 Å². The molecule has 18 heavy (non-hydrogen) atoms. The summed E-state index contributed by atoms with van der Waals surface area (Å²) >= 11 is 0. The third-order valence-corrected chi connectivity index (χ3v) is 3.04. The number of nitrogens with one attached hydrogen (secondary N) is 1. The van der Waals surface area contributed by atoms with Crippen molar-refractivity contribution in [3.8, 4) is 0 Å². The largest absolute Gasteiger partial charge is 0.337 e. The van der Waals surface area contributed by atoms with E-state index in [1.54, 1.807) is 0 Å². The van der Waals surface area contributed by atoms with Crippen LogP contribution in [0.25, 0.3) is 0 Å². The van der Waals surface area contributed by atoms with Crippen molar-refractivity contribution >= 4 is 0 Å². The van der Waals surface area contributed by atoms with Gasteiger partial charge in [0.25, 0.3) is 0 Å². The van der Waals surface area contributed by atoms with Gasteiger partial charge in [-0.05, 0) is 45.5 Å². The minimum Gasteiger partial charge on any atom is -0.337 e. The average molecular weight is 244 g/mol. The van der Waals surface area contributed by atoms with E-state index in [0.717, 1.165) is 23.6 Å². The van der Waals surface area contributed by atoms with Gasteiger partial charge in [-0.3, -0.25) is 4.98 Å². The number of pyridine rings is 1. The van der Waals surface area contributed by atoms with Crippen LogP contribution in [0.5, 0.6) is 0 Å². The van der Waals surface area contributed by atoms with E-state index >= 15 is 0 Å². The number of aryl methyl sites for hydroxylation is 3. The van der Waals surface area contributed by atoms with E-state index < -0.39 is 0 Å². The molecule has 0 aliphatic carbocycles. The molecular weight excluding hydrogens is 224 g/mol. The summed E-state index contributed by atoms with van der Waals surface area (Å²) in [5.74, 6) is 0. The highest BCUT2D eigenvalue weighted by Crippen LogP contribution is 2.21. The van der Waals surface area contributed by atoms with Crippen molar-refractivity contribution in [3.63, 3.8) is 0 Å². The van der Waals surface area contributed by atoms with Crippen LogP contribution in [-0.2, 0) is 6.54 Å². The Morgan fingerprint density at radius 2 is 1.94 bits per heavy atom. The summed E-state index contributed by atoms with van der Waals surface area (Å²) in [5.41, 5.74) is 4.34. The van der Waals surface area contributed by atoms with Crippen LogP contribution in [0.1, 0.15) is 35.6 Å². The summed E-state index contributed by atoms with van der Waals surface area (Å²) in [6.07, 6.45) is 3.97. The Balaban J connectivity index is 2.38. The molecular formula is C14H20N4. The minimum atomic E-state index is 0.123. The van der Waals surface area contributed by atoms with Crippen LogP contribution < -0.4 is 5.32 Å². The first kappa shape index (κ1) is 12.8. The molecule has 4 nitrogen and oxygen atoms in total. The number of aromatic nitrogens is 3. The van der Waals surface area contributed by atoms with Crippen LogP contribution in [0.4, 0.5) is 0 Å². The first-order chi connectivity index (χ1) is 8.63. The van der Waals surface area contributed by atoms with E-state index in [1.165, 1.54) is 5.56 Å². The number of imidazole rings is 1. The first-order valence-electron chi connectivity index (χ1n) is 6.28. The predicted octanol–water partition coefficient (Wildman–Crippen LogP) is 2.22. The molecule has 2 aromatic heterocycles. The predicted molar refractivity (Wildman–Crippen MR) is 72.5 cm³/mol. The molecule has 2 rings (SSSR count). The van der Waals surface area contributed by atoms with Gasteiger partial charge in [-0.15, -0.1) is 0 Å². The minimum absolute atomic E-state index is 0.123. The molecule has 4 heteroatoms. The van der Waals surface area contributed by atoms with Crippen molar-refractivity contribution in [1.82, 2.24) is 19.9 Å². The van der Waals surface area contributed by atoms with E-state index in [4.69, 9.17) is 0 Å². The molecule has 0 saturated heterocycles. The Labute approximate surface area is 108 Å². The van der Waals surface area contributed by atoms with E-state index in [9.17, 15) is 0 Å². The lowest BCUT2D eigenvalue weighted by Crippen LogP contribution is -2.18. The van der Waals surface area contributed by atoms with Crippen molar-refractivity contribution < 1.29 is 0 Å². The smallest absolute Gasteiger partial charge is 0.0950 e. The summed E-state index contributed by atoms with van der Waals surface area (Å²) in [7, 11) is 1.96. The quantitative estimate of drug-likeness (QED) is 0.896. The zero-order valence-electron chi connectivity index (χ0n) is 11.4. The molecule has 2 heterocycles. The maximum Gasteiger partial charge on any atom is 0.0950 e. The number of hydrogen-bond acceptors (Lipinski definition) is 3. The summed E-state index contributed by atoms with van der Waals surface area (Å²) < 4.78 is 2.08. The molecule has 0 amide bonds. The van der Waals surface area contributed by atoms with E-state index in [1.807, 2.05) is 27.2 Å². The molecule has 96 valence electrons. The van der Waals surface area contributed by atoms with Gasteiger partial charge in [-0.1, -0.05) is 0 Å². The normalized spacial score (nSPS) is 12.7. The van der Waals surface area contributed by atoms with Crippen molar-refractivity contribution in [1.29, 1.82) is 0 Å². The van der Waals surface area contributed by atoms with E-state index in [2.05, 4.69) is 45.1 Å². The van der Waals surface area contributed by atoms with Crippen LogP contribution in [-0.4, -0.2) is 21.6 Å². The van der Waals surface area contributed by atoms with Crippen molar-refractivity contribution in [2.24, 2.45) is 0 Å². The fraction of sp³-hybridized carbons (Fsp3) is 0.429. The highest BCUT2D eigenvalue weighted by Gasteiger charge is 2.15. The molecule has 1 N–H and O–H groups in total. The van der Waals surface area contributed by atoms with Gasteiger partial charge in [-0.2, -0.15) is 0 Å². The van der Waals surface area contributed by atoms with Gasteiger partial charge < -0.3 is 9.88 Å². The molecule has 1 unspecified atom stereocenters. The molecule has 0 spiro atoms.